The maximum atomic E-state index is 12.5. The fourth-order valence-corrected chi connectivity index (χ4v) is 3.79. The van der Waals surface area contributed by atoms with Gasteiger partial charge in [-0.3, -0.25) is 4.79 Å². The van der Waals surface area contributed by atoms with Crippen LogP contribution in [0.3, 0.4) is 0 Å². The Balaban J connectivity index is 1.37. The van der Waals surface area contributed by atoms with Gasteiger partial charge in [0.2, 0.25) is 0 Å². The van der Waals surface area contributed by atoms with Gasteiger partial charge in [-0.25, -0.2) is 0 Å². The first-order valence-electron chi connectivity index (χ1n) is 9.02. The van der Waals surface area contributed by atoms with Gasteiger partial charge in [0.15, 0.2) is 0 Å². The lowest BCUT2D eigenvalue weighted by atomic mass is 9.84. The van der Waals surface area contributed by atoms with Crippen LogP contribution < -0.4 is 10.1 Å². The normalized spacial score (nSPS) is 23.9. The van der Waals surface area contributed by atoms with Crippen LogP contribution in [-0.2, 0) is 0 Å². The quantitative estimate of drug-likeness (QED) is 0.922. The van der Waals surface area contributed by atoms with E-state index in [-0.39, 0.29) is 11.9 Å². The number of carbonyl (C=O) groups is 1. The summed E-state index contributed by atoms with van der Waals surface area (Å²) in [4.78, 5) is 15.0. The number of amides is 1. The van der Waals surface area contributed by atoms with Gasteiger partial charge in [0.1, 0.15) is 11.5 Å². The SMILES string of the molecule is N#Cc1ccc(Oc2ccc(C(=O)N[C@H]3CN4CCC3CC4)cc2)cc1. The van der Waals surface area contributed by atoms with Crippen molar-refractivity contribution in [2.75, 3.05) is 19.6 Å². The highest BCUT2D eigenvalue weighted by Crippen LogP contribution is 2.28. The third kappa shape index (κ3) is 3.56. The number of hydrogen-bond donors (Lipinski definition) is 1. The van der Waals surface area contributed by atoms with Crippen molar-refractivity contribution >= 4 is 5.91 Å². The Hall–Kier alpha value is -2.84. The van der Waals surface area contributed by atoms with Gasteiger partial charge in [-0.05, 0) is 80.4 Å². The van der Waals surface area contributed by atoms with Gasteiger partial charge in [0, 0.05) is 18.2 Å². The summed E-state index contributed by atoms with van der Waals surface area (Å²) in [5.74, 6) is 1.92. The van der Waals surface area contributed by atoms with E-state index in [1.54, 1.807) is 48.5 Å². The molecule has 2 aromatic rings. The highest BCUT2D eigenvalue weighted by atomic mass is 16.5. The molecule has 3 aliphatic rings. The Morgan fingerprint density at radius 1 is 1.04 bits per heavy atom. The second kappa shape index (κ2) is 7.19. The average molecular weight is 347 g/mol. The summed E-state index contributed by atoms with van der Waals surface area (Å²) in [6, 6.07) is 16.4. The molecule has 2 aromatic carbocycles. The molecular formula is C21H21N3O2. The zero-order valence-corrected chi connectivity index (χ0v) is 14.5. The molecule has 26 heavy (non-hydrogen) atoms. The van der Waals surface area contributed by atoms with E-state index in [0.717, 1.165) is 6.54 Å². The summed E-state index contributed by atoms with van der Waals surface area (Å²) < 4.78 is 5.76. The summed E-state index contributed by atoms with van der Waals surface area (Å²) in [7, 11) is 0. The first-order valence-corrected chi connectivity index (χ1v) is 9.02. The lowest BCUT2D eigenvalue weighted by molar-refractivity contribution is 0.0620. The number of nitrogens with one attached hydrogen (secondary N) is 1. The summed E-state index contributed by atoms with van der Waals surface area (Å²) in [5.41, 5.74) is 1.24. The molecule has 3 aliphatic heterocycles. The predicted octanol–water partition coefficient (Wildman–Crippen LogP) is 3.17. The molecular weight excluding hydrogens is 326 g/mol. The van der Waals surface area contributed by atoms with E-state index in [9.17, 15) is 4.79 Å². The minimum Gasteiger partial charge on any atom is -0.457 e. The zero-order chi connectivity index (χ0) is 17.9. The molecule has 132 valence electrons. The first-order chi connectivity index (χ1) is 12.7. The molecule has 1 amide bonds. The van der Waals surface area contributed by atoms with Gasteiger partial charge >= 0.3 is 0 Å². The van der Waals surface area contributed by atoms with Gasteiger partial charge in [-0.2, -0.15) is 5.26 Å². The smallest absolute Gasteiger partial charge is 0.251 e. The number of nitrogens with zero attached hydrogens (tertiary/aromatic N) is 2. The van der Waals surface area contributed by atoms with E-state index in [4.69, 9.17) is 10.00 Å². The van der Waals surface area contributed by atoms with Gasteiger partial charge < -0.3 is 15.0 Å². The third-order valence-electron chi connectivity index (χ3n) is 5.31. The van der Waals surface area contributed by atoms with E-state index >= 15 is 0 Å². The minimum atomic E-state index is -0.0197. The van der Waals surface area contributed by atoms with Crippen molar-refractivity contribution in [2.45, 2.75) is 18.9 Å². The molecule has 3 saturated heterocycles. The van der Waals surface area contributed by atoms with Crippen LogP contribution in [-0.4, -0.2) is 36.5 Å². The topological polar surface area (TPSA) is 65.4 Å². The maximum absolute atomic E-state index is 12.5. The molecule has 5 heteroatoms. The number of carbonyl (C=O) groups excluding carboxylic acids is 1. The second-order valence-corrected chi connectivity index (χ2v) is 6.98. The number of hydrogen-bond acceptors (Lipinski definition) is 4. The summed E-state index contributed by atoms with van der Waals surface area (Å²) in [5, 5.41) is 12.0. The van der Waals surface area contributed by atoms with Crippen molar-refractivity contribution in [2.24, 2.45) is 5.92 Å². The number of rotatable bonds is 4. The van der Waals surface area contributed by atoms with E-state index in [1.807, 2.05) is 0 Å². The molecule has 2 bridgehead atoms. The molecule has 0 unspecified atom stereocenters. The standard InChI is InChI=1S/C21H21N3O2/c22-13-15-1-5-18(6-2-15)26-19-7-3-17(4-8-19)21(25)23-20-14-24-11-9-16(20)10-12-24/h1-8,16,20H,9-12,14H2,(H,23,25)/t20-/m0/s1. The van der Waals surface area contributed by atoms with Crippen LogP contribution in [0.5, 0.6) is 11.5 Å². The van der Waals surface area contributed by atoms with Crippen LogP contribution >= 0.6 is 0 Å². The van der Waals surface area contributed by atoms with Crippen LogP contribution in [0, 0.1) is 17.2 Å². The summed E-state index contributed by atoms with van der Waals surface area (Å²) in [6.07, 6.45) is 2.37. The van der Waals surface area contributed by atoms with Crippen LogP contribution in [0.1, 0.15) is 28.8 Å². The molecule has 0 aromatic heterocycles. The molecule has 0 saturated carbocycles. The largest absolute Gasteiger partial charge is 0.457 e. The number of fused-ring (bicyclic) bond motifs is 3. The molecule has 3 heterocycles. The molecule has 5 nitrogen and oxygen atoms in total. The fraction of sp³-hybridized carbons (Fsp3) is 0.333. The Morgan fingerprint density at radius 2 is 1.65 bits per heavy atom. The monoisotopic (exact) mass is 347 g/mol. The number of benzene rings is 2. The van der Waals surface area contributed by atoms with Crippen molar-refractivity contribution in [1.29, 1.82) is 5.26 Å². The van der Waals surface area contributed by atoms with Gasteiger partial charge in [0.05, 0.1) is 11.6 Å². The third-order valence-corrected chi connectivity index (χ3v) is 5.31. The fourth-order valence-electron chi connectivity index (χ4n) is 3.79. The van der Waals surface area contributed by atoms with Crippen molar-refractivity contribution in [3.8, 4) is 17.6 Å². The first kappa shape index (κ1) is 16.6. The Labute approximate surface area is 153 Å². The van der Waals surface area contributed by atoms with E-state index in [2.05, 4.69) is 16.3 Å². The molecule has 0 aliphatic carbocycles. The number of piperidine rings is 3. The molecule has 5 rings (SSSR count). The minimum absolute atomic E-state index is 0.0197. The molecule has 0 spiro atoms. The Morgan fingerprint density at radius 3 is 2.19 bits per heavy atom. The van der Waals surface area contributed by atoms with E-state index in [1.165, 1.54) is 25.9 Å². The predicted molar refractivity (Wildman–Crippen MR) is 98.1 cm³/mol. The van der Waals surface area contributed by atoms with Crippen molar-refractivity contribution < 1.29 is 9.53 Å². The second-order valence-electron chi connectivity index (χ2n) is 6.98. The van der Waals surface area contributed by atoms with Crippen LogP contribution in [0.2, 0.25) is 0 Å². The number of nitriles is 1. The summed E-state index contributed by atoms with van der Waals surface area (Å²) >= 11 is 0. The molecule has 1 N–H and O–H groups in total. The lowest BCUT2D eigenvalue weighted by Crippen LogP contribution is -2.57. The average Bonchev–Trinajstić information content (AvgIpc) is 2.70. The Kier molecular flexibility index (Phi) is 4.59. The van der Waals surface area contributed by atoms with Crippen LogP contribution in [0.4, 0.5) is 0 Å². The highest BCUT2D eigenvalue weighted by molar-refractivity contribution is 5.94. The van der Waals surface area contributed by atoms with Gasteiger partial charge in [0.25, 0.3) is 5.91 Å². The van der Waals surface area contributed by atoms with Crippen molar-refractivity contribution in [1.82, 2.24) is 10.2 Å². The maximum Gasteiger partial charge on any atom is 0.251 e. The van der Waals surface area contributed by atoms with E-state index < -0.39 is 0 Å². The molecule has 3 fully saturated rings. The van der Waals surface area contributed by atoms with E-state index in [0.29, 0.717) is 28.5 Å². The van der Waals surface area contributed by atoms with Crippen LogP contribution in [0.15, 0.2) is 48.5 Å². The highest BCUT2D eigenvalue weighted by Gasteiger charge is 2.34. The molecule has 1 atom stereocenters. The zero-order valence-electron chi connectivity index (χ0n) is 14.5. The van der Waals surface area contributed by atoms with Crippen LogP contribution in [0.25, 0.3) is 0 Å². The van der Waals surface area contributed by atoms with Gasteiger partial charge in [-0.1, -0.05) is 0 Å². The molecule has 0 radical (unpaired) electrons. The van der Waals surface area contributed by atoms with Crippen molar-refractivity contribution in [3.63, 3.8) is 0 Å². The Bertz CT molecular complexity index is 816. The summed E-state index contributed by atoms with van der Waals surface area (Å²) in [6.45, 7) is 3.30. The lowest BCUT2D eigenvalue weighted by Gasteiger charge is -2.44. The van der Waals surface area contributed by atoms with Crippen molar-refractivity contribution in [3.05, 3.63) is 59.7 Å². The van der Waals surface area contributed by atoms with Gasteiger partial charge in [-0.15, -0.1) is 0 Å². The number of ether oxygens (including phenoxy) is 1.